The molecule has 0 saturated heterocycles. The smallest absolute Gasteiger partial charge is 0.407 e. The van der Waals surface area contributed by atoms with E-state index in [0.29, 0.717) is 55.3 Å². The van der Waals surface area contributed by atoms with Gasteiger partial charge in [0, 0.05) is 113 Å². The van der Waals surface area contributed by atoms with Crippen LogP contribution in [0.15, 0.2) is 81.4 Å². The van der Waals surface area contributed by atoms with Gasteiger partial charge >= 0.3 is 6.09 Å². The van der Waals surface area contributed by atoms with E-state index < -0.39 is 20.3 Å². The van der Waals surface area contributed by atoms with Crippen molar-refractivity contribution in [2.45, 2.75) is 285 Å². The molecule has 0 aromatic heterocycles. The first-order valence-corrected chi connectivity index (χ1v) is 39.6. The molecule has 3 aliphatic carbocycles. The molecular formula is C80H115N9O9S3. The van der Waals surface area contributed by atoms with Crippen LogP contribution in [0.25, 0.3) is 0 Å². The molecule has 4 N–H and O–H groups in total. The Labute approximate surface area is 615 Å². The maximum Gasteiger partial charge on any atom is 0.407 e. The molecule has 3 aliphatic heterocycles. The van der Waals surface area contributed by atoms with E-state index in [0.717, 1.165) is 105 Å². The fraction of sp³-hybridized carbons (Fsp3) is 0.600. The fourth-order valence-corrected chi connectivity index (χ4v) is 18.8. The van der Waals surface area contributed by atoms with E-state index in [-0.39, 0.29) is 91.3 Å². The Kier molecular flexibility index (Phi) is 28.0. The van der Waals surface area contributed by atoms with Crippen LogP contribution in [0.5, 0.6) is 0 Å². The maximum atomic E-state index is 13.9. The third-order valence-corrected chi connectivity index (χ3v) is 24.0. The minimum atomic E-state index is -0.662. The van der Waals surface area contributed by atoms with Gasteiger partial charge in [0.15, 0.2) is 0 Å². The van der Waals surface area contributed by atoms with E-state index in [1.54, 1.807) is 38.2 Å². The van der Waals surface area contributed by atoms with Gasteiger partial charge in [0.1, 0.15) is 6.61 Å². The normalized spacial score (nSPS) is 18.1. The molecule has 552 valence electrons. The number of thioether (sulfide) groups is 3. The Balaban J connectivity index is 0.000000195. The first-order valence-electron chi connectivity index (χ1n) is 37.2. The van der Waals surface area contributed by atoms with Gasteiger partial charge < -0.3 is 50.5 Å². The van der Waals surface area contributed by atoms with Gasteiger partial charge in [-0.3, -0.25) is 33.6 Å². The highest BCUT2D eigenvalue weighted by atomic mass is 32.2. The van der Waals surface area contributed by atoms with Crippen molar-refractivity contribution in [3.8, 4) is 0 Å². The highest BCUT2D eigenvalue weighted by Crippen LogP contribution is 2.50. The van der Waals surface area contributed by atoms with E-state index in [1.807, 2.05) is 129 Å². The predicted octanol–water partition coefficient (Wildman–Crippen LogP) is 15.6. The molecule has 3 saturated carbocycles. The lowest BCUT2D eigenvalue weighted by molar-refractivity contribution is -0.122. The second-order valence-electron chi connectivity index (χ2n) is 30.4. The van der Waals surface area contributed by atoms with Gasteiger partial charge in [-0.25, -0.2) is 4.79 Å². The lowest BCUT2D eigenvalue weighted by Gasteiger charge is -2.40. The van der Waals surface area contributed by atoms with E-state index in [1.165, 1.54) is 56.7 Å². The summed E-state index contributed by atoms with van der Waals surface area (Å²) in [5, 5.41) is 5.64. The molecular weight excluding hydrogens is 1330 g/mol. The Morgan fingerprint density at radius 1 is 0.495 bits per heavy atom. The van der Waals surface area contributed by atoms with Crippen molar-refractivity contribution >= 4 is 99.8 Å². The number of hydrogen-bond donors (Lipinski definition) is 3. The molecule has 0 radical (unpaired) electrons. The van der Waals surface area contributed by atoms with Crippen molar-refractivity contribution in [2.24, 2.45) is 5.73 Å². The summed E-state index contributed by atoms with van der Waals surface area (Å²) in [7, 11) is 0. The van der Waals surface area contributed by atoms with Crippen molar-refractivity contribution in [1.82, 2.24) is 25.3 Å². The van der Waals surface area contributed by atoms with Gasteiger partial charge in [-0.2, -0.15) is 0 Å². The van der Waals surface area contributed by atoms with Gasteiger partial charge in [-0.05, 0) is 201 Å². The molecule has 4 aromatic rings. The summed E-state index contributed by atoms with van der Waals surface area (Å²) >= 11 is 4.64. The van der Waals surface area contributed by atoms with Crippen molar-refractivity contribution in [2.75, 3.05) is 54.0 Å². The molecule has 0 unspecified atom stereocenters. The minimum absolute atomic E-state index is 0.000922. The van der Waals surface area contributed by atoms with Crippen LogP contribution in [0.2, 0.25) is 0 Å². The van der Waals surface area contributed by atoms with Crippen LogP contribution in [0.1, 0.15) is 246 Å². The van der Waals surface area contributed by atoms with Crippen LogP contribution >= 0.6 is 35.3 Å². The third kappa shape index (κ3) is 19.5. The van der Waals surface area contributed by atoms with Crippen LogP contribution in [-0.2, 0) is 30.5 Å². The van der Waals surface area contributed by atoms with Crippen LogP contribution in [-0.4, -0.2) is 152 Å². The number of alkyl carbamates (subject to hydrolysis) is 1. The van der Waals surface area contributed by atoms with Gasteiger partial charge in [-0.15, -0.1) is 35.3 Å². The van der Waals surface area contributed by atoms with Crippen molar-refractivity contribution in [1.29, 1.82) is 0 Å². The van der Waals surface area contributed by atoms with E-state index in [4.69, 9.17) is 10.5 Å². The summed E-state index contributed by atoms with van der Waals surface area (Å²) in [6, 6.07) is 22.6. The number of carbonyl (C=O) groups excluding carboxylic acids is 8. The van der Waals surface area contributed by atoms with Crippen molar-refractivity contribution in [3.63, 3.8) is 0 Å². The number of nitrogens with two attached hydrogens (primary N) is 1. The average molecular weight is 1440 g/mol. The molecule has 18 nitrogen and oxygen atoms in total. The quantitative estimate of drug-likeness (QED) is 0.0752. The second kappa shape index (κ2) is 35.3. The SMILES string of the molecule is CCC(=O)NCCN1C(=O)C(C)(C)Sc2cc(C)c(C(=O)N(C(C)C)C3CCCCC3)cc21.Cc1cc2c(cc1C(=O)N(C(C)C)C1CCCCC1)N(CCN)C(=O)C(C)(C)S2.Cc1cc2c(cc1C(=O)N(C(C)C)C1CCCCC1)N(CCNC(=O)OCc1ccccc1)C(=O)C(C)(C)S2. The number of nitrogens with one attached hydrogen (secondary N) is 2. The maximum absolute atomic E-state index is 13.9. The summed E-state index contributed by atoms with van der Waals surface area (Å²) in [6.45, 7) is 34.2. The Bertz CT molecular complexity index is 3610. The predicted molar refractivity (Wildman–Crippen MR) is 412 cm³/mol. The standard InChI is InChI=1S/C31H41N3O4S.C26H39N3O3S.C23H35N3O2S/c1-21(2)34(24-14-10-7-11-15-24)28(35)25-19-26-27(18-22(25)3)39-31(4,5)29(36)33(26)17-16-32-30(37)38-20-23-12-8-6-9-13-23;1-7-23(30)27-13-14-28-21-16-20(18(4)15-22(21)33-26(5,6)25(28)32)24(31)29(17(2)3)19-11-9-8-10-12-19;1-15(2)26(17-9-7-6-8-10-17)21(27)18-14-19-20(13-16(18)3)29-23(4,5)22(28)25(19)12-11-24/h6,8-9,12-13,18-19,21,24H,7,10-11,14-17,20H2,1-5H3,(H,32,37);15-17,19H,7-14H2,1-6H3,(H,27,30);13-15,17H,6-12,24H2,1-5H3. The summed E-state index contributed by atoms with van der Waals surface area (Å²) in [6.07, 6.45) is 17.0. The van der Waals surface area contributed by atoms with Crippen molar-refractivity contribution in [3.05, 3.63) is 106 Å². The summed E-state index contributed by atoms with van der Waals surface area (Å²) in [5.74, 6) is 0.141. The molecule has 6 aliphatic rings. The lowest BCUT2D eigenvalue weighted by Crippen LogP contribution is -2.49. The zero-order valence-electron chi connectivity index (χ0n) is 63.2. The molecule has 21 heteroatoms. The van der Waals surface area contributed by atoms with Crippen LogP contribution < -0.4 is 31.1 Å². The number of nitrogens with zero attached hydrogens (tertiary/aromatic N) is 6. The van der Waals surface area contributed by atoms with Gasteiger partial charge in [0.25, 0.3) is 17.7 Å². The van der Waals surface area contributed by atoms with Crippen molar-refractivity contribution < 1.29 is 43.1 Å². The Morgan fingerprint density at radius 2 is 0.812 bits per heavy atom. The number of carbonyl (C=O) groups is 8. The van der Waals surface area contributed by atoms with E-state index in [2.05, 4.69) is 74.1 Å². The number of ether oxygens (including phenoxy) is 1. The first-order chi connectivity index (χ1) is 47.8. The average Bonchev–Trinajstić information content (AvgIpc) is 0.766. The van der Waals surface area contributed by atoms with E-state index in [9.17, 15) is 38.4 Å². The topological polar surface area (TPSA) is 215 Å². The van der Waals surface area contributed by atoms with E-state index >= 15 is 0 Å². The number of fused-ring (bicyclic) bond motifs is 3. The number of benzene rings is 4. The monoisotopic (exact) mass is 1440 g/mol. The number of anilines is 3. The second-order valence-corrected chi connectivity index (χ2v) is 35.4. The largest absolute Gasteiger partial charge is 0.445 e. The molecule has 8 amide bonds. The number of amides is 8. The zero-order valence-corrected chi connectivity index (χ0v) is 65.7. The van der Waals surface area contributed by atoms with Crippen LogP contribution in [0.4, 0.5) is 21.9 Å². The third-order valence-electron chi connectivity index (χ3n) is 20.3. The summed E-state index contributed by atoms with van der Waals surface area (Å²) in [4.78, 5) is 120. The highest BCUT2D eigenvalue weighted by molar-refractivity contribution is 8.02. The molecule has 0 atom stereocenters. The molecule has 10 rings (SSSR count). The first kappa shape index (κ1) is 80.1. The Morgan fingerprint density at radius 3 is 1.12 bits per heavy atom. The van der Waals surface area contributed by atoms with Gasteiger partial charge in [0.05, 0.1) is 31.3 Å². The van der Waals surface area contributed by atoms with Crippen LogP contribution in [0, 0.1) is 20.8 Å². The molecule has 0 bridgehead atoms. The molecule has 101 heavy (non-hydrogen) atoms. The molecule has 4 aromatic carbocycles. The Hall–Kier alpha value is -6.55. The summed E-state index contributed by atoms with van der Waals surface area (Å²) < 4.78 is 3.52. The minimum Gasteiger partial charge on any atom is -0.445 e. The van der Waals surface area contributed by atoms with Gasteiger partial charge in [-0.1, -0.05) is 95.0 Å². The number of rotatable bonds is 20. The molecule has 0 spiro atoms. The fourth-order valence-electron chi connectivity index (χ4n) is 15.1. The lowest BCUT2D eigenvalue weighted by atomic mass is 9.92. The number of aryl methyl sites for hydroxylation is 3. The molecule has 3 heterocycles. The zero-order chi connectivity index (χ0) is 73.8. The molecule has 3 fully saturated rings. The highest BCUT2D eigenvalue weighted by Gasteiger charge is 2.45. The van der Waals surface area contributed by atoms with Gasteiger partial charge in [0.2, 0.25) is 23.6 Å². The number of hydrogen-bond acceptors (Lipinski definition) is 13. The van der Waals surface area contributed by atoms with Crippen LogP contribution in [0.3, 0.4) is 0 Å². The summed E-state index contributed by atoms with van der Waals surface area (Å²) in [5.41, 5.74) is 13.9.